The topological polar surface area (TPSA) is 114 Å². The molecule has 0 bridgehead atoms. The number of nitrogens with one attached hydrogen (secondary N) is 2. The second kappa shape index (κ2) is 9.75. The fourth-order valence-corrected chi connectivity index (χ4v) is 3.33. The molecule has 8 nitrogen and oxygen atoms in total. The molecular weight excluding hydrogens is 384 g/mol. The lowest BCUT2D eigenvalue weighted by atomic mass is 10.0. The number of ether oxygens (including phenoxy) is 2. The van der Waals surface area contributed by atoms with Crippen molar-refractivity contribution in [2.45, 2.75) is 19.4 Å². The van der Waals surface area contributed by atoms with E-state index in [0.29, 0.717) is 21.9 Å². The first-order chi connectivity index (χ1) is 13.3. The first-order valence-electron chi connectivity index (χ1n) is 8.41. The summed E-state index contributed by atoms with van der Waals surface area (Å²) < 4.78 is 10.4. The van der Waals surface area contributed by atoms with Crippen LogP contribution in [0.1, 0.15) is 32.6 Å². The van der Waals surface area contributed by atoms with E-state index < -0.39 is 17.9 Å². The van der Waals surface area contributed by atoms with Crippen LogP contribution < -0.4 is 20.1 Å². The molecule has 1 aromatic heterocycles. The third kappa shape index (κ3) is 5.71. The van der Waals surface area contributed by atoms with Crippen molar-refractivity contribution in [2.24, 2.45) is 0 Å². The molecule has 2 aromatic rings. The number of benzene rings is 1. The summed E-state index contributed by atoms with van der Waals surface area (Å²) in [6.07, 6.45) is -0.320. The lowest BCUT2D eigenvalue weighted by molar-refractivity contribution is -0.137. The van der Waals surface area contributed by atoms with E-state index in [-0.39, 0.29) is 18.9 Å². The molecule has 0 spiro atoms. The zero-order chi connectivity index (χ0) is 20.7. The highest BCUT2D eigenvalue weighted by Gasteiger charge is 2.20. The van der Waals surface area contributed by atoms with Gasteiger partial charge >= 0.3 is 5.97 Å². The number of carbonyl (C=O) groups is 3. The highest BCUT2D eigenvalue weighted by Crippen LogP contribution is 2.30. The molecule has 150 valence electrons. The van der Waals surface area contributed by atoms with E-state index in [2.05, 4.69) is 10.6 Å². The van der Waals surface area contributed by atoms with Gasteiger partial charge in [0.1, 0.15) is 0 Å². The molecule has 2 rings (SSSR count). The van der Waals surface area contributed by atoms with Gasteiger partial charge in [0.15, 0.2) is 11.5 Å². The number of carbonyl (C=O) groups excluding carboxylic acids is 2. The summed E-state index contributed by atoms with van der Waals surface area (Å²) in [5.41, 5.74) is 0.550. The standard InChI is InChI=1S/C19H22N2O6S/c1-11-4-7-16(28-11)19(25)20-10-17(22)21-13(9-18(23)24)12-5-6-14(26-2)15(8-12)27-3/h4-8,13H,9-10H2,1-3H3,(H,20,25)(H,21,22)(H,23,24)/t13-/m0/s1. The van der Waals surface area contributed by atoms with Crippen molar-refractivity contribution >= 4 is 29.1 Å². The van der Waals surface area contributed by atoms with Gasteiger partial charge in [-0.2, -0.15) is 0 Å². The quantitative estimate of drug-likeness (QED) is 0.588. The van der Waals surface area contributed by atoms with Crippen LogP contribution in [-0.2, 0) is 9.59 Å². The van der Waals surface area contributed by atoms with Crippen molar-refractivity contribution < 1.29 is 29.0 Å². The predicted molar refractivity (Wildman–Crippen MR) is 104 cm³/mol. The van der Waals surface area contributed by atoms with Crippen LogP contribution in [0.3, 0.4) is 0 Å². The van der Waals surface area contributed by atoms with Crippen LogP contribution in [0.4, 0.5) is 0 Å². The van der Waals surface area contributed by atoms with Crippen molar-refractivity contribution in [2.75, 3.05) is 20.8 Å². The molecule has 0 fully saturated rings. The number of methoxy groups -OCH3 is 2. The van der Waals surface area contributed by atoms with Crippen LogP contribution >= 0.6 is 11.3 Å². The molecule has 1 atom stereocenters. The highest BCUT2D eigenvalue weighted by atomic mass is 32.1. The van der Waals surface area contributed by atoms with E-state index in [9.17, 15) is 19.5 Å². The number of hydrogen-bond donors (Lipinski definition) is 3. The minimum atomic E-state index is -1.07. The van der Waals surface area contributed by atoms with Crippen molar-refractivity contribution in [3.05, 3.63) is 45.6 Å². The van der Waals surface area contributed by atoms with Gasteiger partial charge in [0.05, 0.1) is 38.1 Å². The fourth-order valence-electron chi connectivity index (χ4n) is 2.55. The van der Waals surface area contributed by atoms with Gasteiger partial charge in [0.2, 0.25) is 5.91 Å². The maximum absolute atomic E-state index is 12.3. The average Bonchev–Trinajstić information content (AvgIpc) is 3.11. The Morgan fingerprint density at radius 3 is 2.39 bits per heavy atom. The van der Waals surface area contributed by atoms with Crippen LogP contribution in [-0.4, -0.2) is 43.7 Å². The summed E-state index contributed by atoms with van der Waals surface area (Å²) >= 11 is 1.33. The Kier molecular flexibility index (Phi) is 7.39. The van der Waals surface area contributed by atoms with E-state index in [0.717, 1.165) is 4.88 Å². The average molecular weight is 406 g/mol. The first kappa shape index (κ1) is 21.2. The molecule has 0 aliphatic carbocycles. The SMILES string of the molecule is COc1ccc([C@H](CC(=O)O)NC(=O)CNC(=O)c2ccc(C)s2)cc1OC. The van der Waals surface area contributed by atoms with Crippen LogP contribution in [0.15, 0.2) is 30.3 Å². The fraction of sp³-hybridized carbons (Fsp3) is 0.316. The third-order valence-corrected chi connectivity index (χ3v) is 4.90. The lowest BCUT2D eigenvalue weighted by Gasteiger charge is -2.19. The zero-order valence-corrected chi connectivity index (χ0v) is 16.6. The number of amides is 2. The zero-order valence-electron chi connectivity index (χ0n) is 15.8. The summed E-state index contributed by atoms with van der Waals surface area (Å²) in [5, 5.41) is 14.3. The Bertz CT molecular complexity index is 864. The summed E-state index contributed by atoms with van der Waals surface area (Å²) in [7, 11) is 2.96. The minimum absolute atomic E-state index is 0.265. The van der Waals surface area contributed by atoms with Gasteiger partial charge < -0.3 is 25.2 Å². The van der Waals surface area contributed by atoms with Gasteiger partial charge in [-0.3, -0.25) is 14.4 Å². The molecule has 0 unspecified atom stereocenters. The van der Waals surface area contributed by atoms with Gasteiger partial charge in [-0.05, 0) is 36.8 Å². The van der Waals surface area contributed by atoms with E-state index in [1.54, 1.807) is 24.3 Å². The number of aliphatic carboxylic acids is 1. The van der Waals surface area contributed by atoms with Crippen molar-refractivity contribution in [3.8, 4) is 11.5 Å². The predicted octanol–water partition coefficient (Wildman–Crippen LogP) is 2.14. The van der Waals surface area contributed by atoms with E-state index in [1.807, 2.05) is 13.0 Å². The molecule has 2 amide bonds. The number of hydrogen-bond acceptors (Lipinski definition) is 6. The summed E-state index contributed by atoms with van der Waals surface area (Å²) in [6.45, 7) is 1.62. The Balaban J connectivity index is 2.06. The molecular formula is C19H22N2O6S. The molecule has 0 aliphatic rings. The van der Waals surface area contributed by atoms with Crippen molar-refractivity contribution in [1.29, 1.82) is 0 Å². The molecule has 1 aromatic carbocycles. The smallest absolute Gasteiger partial charge is 0.305 e. The summed E-state index contributed by atoms with van der Waals surface area (Å²) in [4.78, 5) is 37.0. The molecule has 28 heavy (non-hydrogen) atoms. The van der Waals surface area contributed by atoms with Gasteiger partial charge in [-0.15, -0.1) is 11.3 Å². The van der Waals surface area contributed by atoms with Crippen LogP contribution in [0.25, 0.3) is 0 Å². The van der Waals surface area contributed by atoms with Crippen molar-refractivity contribution in [1.82, 2.24) is 10.6 Å². The maximum Gasteiger partial charge on any atom is 0.305 e. The van der Waals surface area contributed by atoms with Crippen molar-refractivity contribution in [3.63, 3.8) is 0 Å². The second-order valence-corrected chi connectivity index (χ2v) is 7.21. The summed E-state index contributed by atoms with van der Waals surface area (Å²) in [5.74, 6) is -1.01. The van der Waals surface area contributed by atoms with Gasteiger partial charge in [0.25, 0.3) is 5.91 Å². The normalized spacial score (nSPS) is 11.4. The molecule has 0 saturated carbocycles. The minimum Gasteiger partial charge on any atom is -0.493 e. The number of carboxylic acids is 1. The largest absolute Gasteiger partial charge is 0.493 e. The Hall–Kier alpha value is -3.07. The molecule has 9 heteroatoms. The van der Waals surface area contributed by atoms with Gasteiger partial charge in [0, 0.05) is 4.88 Å². The van der Waals surface area contributed by atoms with Gasteiger partial charge in [-0.1, -0.05) is 6.07 Å². The van der Waals surface area contributed by atoms with Crippen LogP contribution in [0.5, 0.6) is 11.5 Å². The third-order valence-electron chi connectivity index (χ3n) is 3.90. The molecule has 0 radical (unpaired) electrons. The Labute approximate surface area is 166 Å². The first-order valence-corrected chi connectivity index (χ1v) is 9.23. The number of aryl methyl sites for hydroxylation is 1. The van der Waals surface area contributed by atoms with E-state index in [4.69, 9.17) is 9.47 Å². The van der Waals surface area contributed by atoms with E-state index >= 15 is 0 Å². The molecule has 3 N–H and O–H groups in total. The number of carboxylic acid groups (broad SMARTS) is 1. The molecule has 0 saturated heterocycles. The van der Waals surface area contributed by atoms with E-state index in [1.165, 1.54) is 25.6 Å². The van der Waals surface area contributed by atoms with Crippen LogP contribution in [0.2, 0.25) is 0 Å². The molecule has 0 aliphatic heterocycles. The summed E-state index contributed by atoms with van der Waals surface area (Å²) in [6, 6.07) is 7.62. The van der Waals surface area contributed by atoms with Gasteiger partial charge in [-0.25, -0.2) is 0 Å². The molecule has 1 heterocycles. The monoisotopic (exact) mass is 406 g/mol. The lowest BCUT2D eigenvalue weighted by Crippen LogP contribution is -2.39. The van der Waals surface area contributed by atoms with Crippen LogP contribution in [0, 0.1) is 6.92 Å². The number of thiophene rings is 1. The second-order valence-electron chi connectivity index (χ2n) is 5.93. The Morgan fingerprint density at radius 1 is 1.11 bits per heavy atom. The number of rotatable bonds is 9. The Morgan fingerprint density at radius 2 is 1.82 bits per heavy atom. The maximum atomic E-state index is 12.3. The highest BCUT2D eigenvalue weighted by molar-refractivity contribution is 7.13.